The van der Waals surface area contributed by atoms with E-state index in [0.29, 0.717) is 19.3 Å². The Labute approximate surface area is 373 Å². The SMILES string of the molecule is CCCCCCCCC/C=C/C=C/CCCCCC(=O)OC(CCCCCCCCCCC)CC(=O)NC(CO)C(O)CCCCCCCCCCCCCCCCCC. The van der Waals surface area contributed by atoms with Crippen molar-refractivity contribution in [2.24, 2.45) is 0 Å². The van der Waals surface area contributed by atoms with Crippen LogP contribution in [0.2, 0.25) is 0 Å². The molecule has 0 aromatic carbocycles. The largest absolute Gasteiger partial charge is 0.462 e. The van der Waals surface area contributed by atoms with Gasteiger partial charge in [0, 0.05) is 6.42 Å². The summed E-state index contributed by atoms with van der Waals surface area (Å²) in [4.78, 5) is 26.1. The fourth-order valence-corrected chi connectivity index (χ4v) is 8.25. The lowest BCUT2D eigenvalue weighted by molar-refractivity contribution is -0.151. The van der Waals surface area contributed by atoms with Gasteiger partial charge in [-0.1, -0.05) is 244 Å². The Morgan fingerprint density at radius 3 is 1.23 bits per heavy atom. The van der Waals surface area contributed by atoms with Crippen molar-refractivity contribution >= 4 is 11.9 Å². The van der Waals surface area contributed by atoms with E-state index < -0.39 is 18.2 Å². The molecule has 0 bridgehead atoms. The summed E-state index contributed by atoms with van der Waals surface area (Å²) in [6.07, 6.45) is 55.3. The predicted octanol–water partition coefficient (Wildman–Crippen LogP) is 15.9. The lowest BCUT2D eigenvalue weighted by atomic mass is 10.0. The van der Waals surface area contributed by atoms with Gasteiger partial charge in [-0.2, -0.15) is 0 Å². The molecule has 0 aliphatic carbocycles. The molecule has 0 rings (SSSR count). The molecule has 0 aliphatic rings. The molecule has 0 fully saturated rings. The van der Waals surface area contributed by atoms with Crippen LogP contribution in [0.25, 0.3) is 0 Å². The van der Waals surface area contributed by atoms with Crippen LogP contribution in [0.1, 0.15) is 284 Å². The molecule has 354 valence electrons. The van der Waals surface area contributed by atoms with E-state index >= 15 is 0 Å². The summed E-state index contributed by atoms with van der Waals surface area (Å²) >= 11 is 0. The van der Waals surface area contributed by atoms with Crippen molar-refractivity contribution in [3.05, 3.63) is 24.3 Å². The molecule has 1 amide bonds. The number of unbranched alkanes of at least 4 members (excludes halogenated alkanes) is 33. The topological polar surface area (TPSA) is 95.9 Å². The van der Waals surface area contributed by atoms with E-state index in [9.17, 15) is 19.8 Å². The highest BCUT2D eigenvalue weighted by atomic mass is 16.5. The van der Waals surface area contributed by atoms with Crippen LogP contribution < -0.4 is 5.32 Å². The Kier molecular flexibility index (Phi) is 47.0. The monoisotopic (exact) mass is 846 g/mol. The van der Waals surface area contributed by atoms with E-state index in [1.54, 1.807) is 0 Å². The van der Waals surface area contributed by atoms with Crippen molar-refractivity contribution in [3.63, 3.8) is 0 Å². The smallest absolute Gasteiger partial charge is 0.306 e. The second-order valence-corrected chi connectivity index (χ2v) is 18.3. The predicted molar refractivity (Wildman–Crippen MR) is 260 cm³/mol. The van der Waals surface area contributed by atoms with Crippen LogP contribution in [-0.2, 0) is 14.3 Å². The number of hydrogen-bond donors (Lipinski definition) is 3. The molecular weight excluding hydrogens is 743 g/mol. The number of hydrogen-bond acceptors (Lipinski definition) is 5. The standard InChI is InChI=1S/C54H103NO5/c1-4-7-10-13-16-19-21-23-25-27-29-31-34-37-40-43-46-52(57)51(49-56)55-53(58)48-50(45-42-39-36-33-18-15-12-9-6-3)60-54(59)47-44-41-38-35-32-30-28-26-24-22-20-17-14-11-8-5-2/h26,28,30,32,50-52,56-57H,4-25,27,29,31,33-49H2,1-3H3,(H,55,58)/b28-26+,32-30+. The molecule has 0 aliphatic heterocycles. The van der Waals surface area contributed by atoms with E-state index in [1.807, 2.05) is 0 Å². The Balaban J connectivity index is 4.45. The number of nitrogens with one attached hydrogen (secondary N) is 1. The first-order valence-corrected chi connectivity index (χ1v) is 26.6. The number of amides is 1. The van der Waals surface area contributed by atoms with Gasteiger partial charge in [0.2, 0.25) is 5.91 Å². The molecule has 0 aromatic rings. The van der Waals surface area contributed by atoms with Gasteiger partial charge in [0.1, 0.15) is 6.10 Å². The van der Waals surface area contributed by atoms with Crippen molar-refractivity contribution in [2.75, 3.05) is 6.61 Å². The maximum absolute atomic E-state index is 13.2. The van der Waals surface area contributed by atoms with Gasteiger partial charge in [0.15, 0.2) is 0 Å². The zero-order chi connectivity index (χ0) is 43.8. The summed E-state index contributed by atoms with van der Waals surface area (Å²) in [5, 5.41) is 23.8. The number of rotatable bonds is 48. The van der Waals surface area contributed by atoms with Crippen LogP contribution in [0.3, 0.4) is 0 Å². The third-order valence-electron chi connectivity index (χ3n) is 12.3. The average molecular weight is 846 g/mol. The molecule has 6 nitrogen and oxygen atoms in total. The fourth-order valence-electron chi connectivity index (χ4n) is 8.25. The number of allylic oxidation sites excluding steroid dienone is 4. The van der Waals surface area contributed by atoms with Gasteiger partial charge < -0.3 is 20.3 Å². The Bertz CT molecular complexity index is 950. The second-order valence-electron chi connectivity index (χ2n) is 18.3. The van der Waals surface area contributed by atoms with E-state index in [1.165, 1.54) is 180 Å². The molecule has 0 saturated heterocycles. The molecule has 60 heavy (non-hydrogen) atoms. The molecule has 3 atom stereocenters. The van der Waals surface area contributed by atoms with Crippen molar-refractivity contribution in [1.29, 1.82) is 0 Å². The van der Waals surface area contributed by atoms with E-state index in [-0.39, 0.29) is 24.9 Å². The summed E-state index contributed by atoms with van der Waals surface area (Å²) < 4.78 is 5.91. The molecule has 3 N–H and O–H groups in total. The summed E-state index contributed by atoms with van der Waals surface area (Å²) in [5.41, 5.74) is 0. The average Bonchev–Trinajstić information content (AvgIpc) is 3.24. The summed E-state index contributed by atoms with van der Waals surface area (Å²) in [5.74, 6) is -0.494. The van der Waals surface area contributed by atoms with Gasteiger partial charge >= 0.3 is 5.97 Å². The molecule has 0 aromatic heterocycles. The highest BCUT2D eigenvalue weighted by Gasteiger charge is 2.24. The first-order chi connectivity index (χ1) is 29.5. The Morgan fingerprint density at radius 1 is 0.483 bits per heavy atom. The first kappa shape index (κ1) is 58.3. The van der Waals surface area contributed by atoms with Crippen molar-refractivity contribution in [3.8, 4) is 0 Å². The van der Waals surface area contributed by atoms with Crippen LogP contribution in [0.4, 0.5) is 0 Å². The van der Waals surface area contributed by atoms with Gasteiger partial charge in [0.25, 0.3) is 0 Å². The third-order valence-corrected chi connectivity index (χ3v) is 12.3. The number of esters is 1. The molecule has 3 unspecified atom stereocenters. The van der Waals surface area contributed by atoms with Crippen LogP contribution in [0.15, 0.2) is 24.3 Å². The number of carbonyl (C=O) groups excluding carboxylic acids is 2. The van der Waals surface area contributed by atoms with E-state index in [4.69, 9.17) is 4.74 Å². The quantitative estimate of drug-likeness (QED) is 0.0322. The van der Waals surface area contributed by atoms with Gasteiger partial charge in [-0.15, -0.1) is 0 Å². The highest BCUT2D eigenvalue weighted by Crippen LogP contribution is 2.18. The normalized spacial score (nSPS) is 13.3. The van der Waals surface area contributed by atoms with Crippen molar-refractivity contribution in [2.45, 2.75) is 302 Å². The first-order valence-electron chi connectivity index (χ1n) is 26.6. The zero-order valence-electron chi connectivity index (χ0n) is 40.4. The minimum Gasteiger partial charge on any atom is -0.462 e. The number of ether oxygens (including phenoxy) is 1. The van der Waals surface area contributed by atoms with Gasteiger partial charge in [-0.05, 0) is 51.4 Å². The van der Waals surface area contributed by atoms with Crippen LogP contribution in [0.5, 0.6) is 0 Å². The van der Waals surface area contributed by atoms with Crippen LogP contribution in [0, 0.1) is 0 Å². The van der Waals surface area contributed by atoms with Crippen molar-refractivity contribution < 1.29 is 24.5 Å². The summed E-state index contributed by atoms with van der Waals surface area (Å²) in [7, 11) is 0. The minimum atomic E-state index is -0.787. The second kappa shape index (κ2) is 48.4. The van der Waals surface area contributed by atoms with Gasteiger partial charge in [-0.25, -0.2) is 0 Å². The molecule has 6 heteroatoms. The van der Waals surface area contributed by atoms with Crippen LogP contribution >= 0.6 is 0 Å². The fraction of sp³-hybridized carbons (Fsp3) is 0.889. The van der Waals surface area contributed by atoms with Gasteiger partial charge in [-0.3, -0.25) is 9.59 Å². The summed E-state index contributed by atoms with van der Waals surface area (Å²) in [6.45, 7) is 6.48. The maximum Gasteiger partial charge on any atom is 0.306 e. The highest BCUT2D eigenvalue weighted by molar-refractivity contribution is 5.77. The Morgan fingerprint density at radius 2 is 0.833 bits per heavy atom. The lowest BCUT2D eigenvalue weighted by Crippen LogP contribution is -2.46. The third kappa shape index (κ3) is 43.0. The number of aliphatic hydroxyl groups excluding tert-OH is 2. The van der Waals surface area contributed by atoms with Crippen molar-refractivity contribution in [1.82, 2.24) is 5.32 Å². The zero-order valence-corrected chi connectivity index (χ0v) is 40.4. The molecular formula is C54H103NO5. The molecule has 0 radical (unpaired) electrons. The Hall–Kier alpha value is -1.66. The van der Waals surface area contributed by atoms with E-state index in [0.717, 1.165) is 57.8 Å². The molecule has 0 heterocycles. The van der Waals surface area contributed by atoms with E-state index in [2.05, 4.69) is 50.4 Å². The number of aliphatic hydroxyl groups is 2. The molecule has 0 saturated carbocycles. The van der Waals surface area contributed by atoms with Crippen LogP contribution in [-0.4, -0.2) is 46.9 Å². The number of carbonyl (C=O) groups is 2. The summed E-state index contributed by atoms with van der Waals surface area (Å²) in [6, 6.07) is -0.701. The maximum atomic E-state index is 13.2. The lowest BCUT2D eigenvalue weighted by Gasteiger charge is -2.24. The molecule has 0 spiro atoms. The van der Waals surface area contributed by atoms with Gasteiger partial charge in [0.05, 0.1) is 25.2 Å². The minimum absolute atomic E-state index is 0.0717.